The smallest absolute Gasteiger partial charge is 0.177 e. The summed E-state index contributed by atoms with van der Waals surface area (Å²) in [5, 5.41) is 3.21. The topological polar surface area (TPSA) is 63.2 Å². The number of hydrogen-bond donors (Lipinski definition) is 1. The van der Waals surface area contributed by atoms with Crippen LogP contribution in [0.3, 0.4) is 0 Å². The van der Waals surface area contributed by atoms with Crippen molar-refractivity contribution in [2.45, 2.75) is 19.8 Å². The molecule has 1 fully saturated rings. The van der Waals surface area contributed by atoms with E-state index in [1.54, 1.807) is 12.1 Å². The number of sulfone groups is 1. The molecule has 1 aliphatic rings. The van der Waals surface area contributed by atoms with Crippen molar-refractivity contribution in [3.63, 3.8) is 0 Å². The molecule has 0 unspecified atom stereocenters. The summed E-state index contributed by atoms with van der Waals surface area (Å²) in [5.41, 5.74) is 1.53. The standard InChI is InChI=1S/C15H21NO3S/c1-12-2-4-14(5-3-12)15(17)11-20(18,19)10-13-6-8-16-9-7-13/h2-5,13,16H,6-11H2,1H3. The third-order valence-corrected chi connectivity index (χ3v) is 5.35. The minimum absolute atomic E-state index is 0.131. The molecule has 1 aliphatic heterocycles. The third-order valence-electron chi connectivity index (χ3n) is 3.67. The van der Waals surface area contributed by atoms with Gasteiger partial charge in [0.05, 0.1) is 5.75 Å². The summed E-state index contributed by atoms with van der Waals surface area (Å²) in [4.78, 5) is 12.0. The number of Topliss-reactive ketones (excluding diaryl/α,β-unsaturated/α-hetero) is 1. The van der Waals surface area contributed by atoms with Crippen molar-refractivity contribution >= 4 is 15.6 Å². The molecule has 0 aromatic heterocycles. The number of nitrogens with one attached hydrogen (secondary N) is 1. The fourth-order valence-corrected chi connectivity index (χ4v) is 4.22. The number of rotatable bonds is 5. The molecule has 1 N–H and O–H groups in total. The summed E-state index contributed by atoms with van der Waals surface area (Å²) in [7, 11) is -3.32. The molecule has 110 valence electrons. The van der Waals surface area contributed by atoms with Crippen LogP contribution in [0.25, 0.3) is 0 Å². The van der Waals surface area contributed by atoms with Crippen LogP contribution >= 0.6 is 0 Å². The number of benzene rings is 1. The summed E-state index contributed by atoms with van der Waals surface area (Å²) in [6, 6.07) is 7.04. The van der Waals surface area contributed by atoms with E-state index in [0.717, 1.165) is 31.5 Å². The van der Waals surface area contributed by atoms with E-state index in [4.69, 9.17) is 0 Å². The van der Waals surface area contributed by atoms with Crippen molar-refractivity contribution in [2.75, 3.05) is 24.6 Å². The summed E-state index contributed by atoms with van der Waals surface area (Å²) in [6.07, 6.45) is 1.75. The van der Waals surface area contributed by atoms with Crippen molar-refractivity contribution < 1.29 is 13.2 Å². The third kappa shape index (κ3) is 4.42. The Kier molecular flexibility index (Phi) is 4.94. The molecule has 2 rings (SSSR count). The molecule has 0 spiro atoms. The minimum atomic E-state index is -3.32. The Morgan fingerprint density at radius 1 is 1.20 bits per heavy atom. The zero-order valence-corrected chi connectivity index (χ0v) is 12.6. The molecular formula is C15H21NO3S. The average molecular weight is 295 g/mol. The van der Waals surface area contributed by atoms with Crippen molar-refractivity contribution in [3.8, 4) is 0 Å². The number of carbonyl (C=O) groups is 1. The van der Waals surface area contributed by atoms with E-state index in [0.29, 0.717) is 5.56 Å². The molecule has 1 saturated heterocycles. The highest BCUT2D eigenvalue weighted by atomic mass is 32.2. The predicted octanol–water partition coefficient (Wildman–Crippen LogP) is 1.59. The summed E-state index contributed by atoms with van der Waals surface area (Å²) < 4.78 is 24.2. The number of carbonyl (C=O) groups excluding carboxylic acids is 1. The van der Waals surface area contributed by atoms with Crippen LogP contribution in [0.2, 0.25) is 0 Å². The SMILES string of the molecule is Cc1ccc(C(=O)CS(=O)(=O)CC2CCNCC2)cc1. The Hall–Kier alpha value is -1.20. The van der Waals surface area contributed by atoms with Crippen LogP contribution in [0.4, 0.5) is 0 Å². The van der Waals surface area contributed by atoms with E-state index in [9.17, 15) is 13.2 Å². The van der Waals surface area contributed by atoms with Crippen molar-refractivity contribution in [1.82, 2.24) is 5.32 Å². The lowest BCUT2D eigenvalue weighted by Crippen LogP contribution is -2.32. The van der Waals surface area contributed by atoms with E-state index >= 15 is 0 Å². The lowest BCUT2D eigenvalue weighted by Gasteiger charge is -2.22. The molecule has 5 heteroatoms. The number of aryl methyl sites for hydroxylation is 1. The Bertz CT molecular complexity index is 557. The molecule has 1 aromatic rings. The predicted molar refractivity (Wildman–Crippen MR) is 79.8 cm³/mol. The maximum atomic E-state index is 12.1. The van der Waals surface area contributed by atoms with Crippen LogP contribution < -0.4 is 5.32 Å². The van der Waals surface area contributed by atoms with E-state index in [1.165, 1.54) is 0 Å². The average Bonchev–Trinajstić information content (AvgIpc) is 2.39. The molecule has 1 aromatic carbocycles. The first-order valence-electron chi connectivity index (χ1n) is 6.97. The van der Waals surface area contributed by atoms with Gasteiger partial charge >= 0.3 is 0 Å². The van der Waals surface area contributed by atoms with Gasteiger partial charge in [-0.1, -0.05) is 29.8 Å². The van der Waals surface area contributed by atoms with Crippen molar-refractivity contribution in [2.24, 2.45) is 5.92 Å². The van der Waals surface area contributed by atoms with Crippen LogP contribution in [0.15, 0.2) is 24.3 Å². The highest BCUT2D eigenvalue weighted by Crippen LogP contribution is 2.15. The molecular weight excluding hydrogens is 274 g/mol. The van der Waals surface area contributed by atoms with Gasteiger partial charge in [-0.3, -0.25) is 4.79 Å². The highest BCUT2D eigenvalue weighted by molar-refractivity contribution is 7.92. The second-order valence-electron chi connectivity index (χ2n) is 5.54. The van der Waals surface area contributed by atoms with Gasteiger partial charge in [0.25, 0.3) is 0 Å². The fourth-order valence-electron chi connectivity index (χ4n) is 2.49. The second kappa shape index (κ2) is 6.50. The van der Waals surface area contributed by atoms with Crippen LogP contribution in [-0.4, -0.2) is 38.8 Å². The molecule has 1 heterocycles. The first kappa shape index (κ1) is 15.2. The lowest BCUT2D eigenvalue weighted by molar-refractivity contribution is 0.102. The van der Waals surface area contributed by atoms with Crippen LogP contribution in [-0.2, 0) is 9.84 Å². The summed E-state index contributed by atoms with van der Waals surface area (Å²) >= 11 is 0. The fraction of sp³-hybridized carbons (Fsp3) is 0.533. The Morgan fingerprint density at radius 3 is 2.40 bits per heavy atom. The van der Waals surface area contributed by atoms with Gasteiger partial charge in [-0.2, -0.15) is 0 Å². The Balaban J connectivity index is 1.96. The van der Waals surface area contributed by atoms with Gasteiger partial charge in [0.15, 0.2) is 15.6 Å². The Labute approximate surface area is 120 Å². The molecule has 0 aliphatic carbocycles. The first-order valence-corrected chi connectivity index (χ1v) is 8.79. The first-order chi connectivity index (χ1) is 9.46. The van der Waals surface area contributed by atoms with E-state index < -0.39 is 9.84 Å². The maximum Gasteiger partial charge on any atom is 0.177 e. The quantitative estimate of drug-likeness (QED) is 0.838. The van der Waals surface area contributed by atoms with Crippen LogP contribution in [0, 0.1) is 12.8 Å². The second-order valence-corrected chi connectivity index (χ2v) is 7.65. The molecule has 0 bridgehead atoms. The van der Waals surface area contributed by atoms with E-state index in [-0.39, 0.29) is 23.2 Å². The normalized spacial score (nSPS) is 17.1. The van der Waals surface area contributed by atoms with Gasteiger partial charge in [-0.25, -0.2) is 8.42 Å². The largest absolute Gasteiger partial charge is 0.317 e. The number of piperidine rings is 1. The van der Waals surface area contributed by atoms with Crippen LogP contribution in [0.5, 0.6) is 0 Å². The lowest BCUT2D eigenvalue weighted by atomic mass is 10.0. The Morgan fingerprint density at radius 2 is 1.80 bits per heavy atom. The van der Waals surface area contributed by atoms with Crippen molar-refractivity contribution in [1.29, 1.82) is 0 Å². The summed E-state index contributed by atoms with van der Waals surface area (Å²) in [6.45, 7) is 3.67. The molecule has 4 nitrogen and oxygen atoms in total. The zero-order valence-electron chi connectivity index (χ0n) is 11.8. The van der Waals surface area contributed by atoms with Gasteiger partial charge < -0.3 is 5.32 Å². The minimum Gasteiger partial charge on any atom is -0.317 e. The van der Waals surface area contributed by atoms with Gasteiger partial charge in [0.1, 0.15) is 5.75 Å². The van der Waals surface area contributed by atoms with Gasteiger partial charge in [-0.15, -0.1) is 0 Å². The van der Waals surface area contributed by atoms with E-state index in [2.05, 4.69) is 5.32 Å². The van der Waals surface area contributed by atoms with Crippen molar-refractivity contribution in [3.05, 3.63) is 35.4 Å². The number of hydrogen-bond acceptors (Lipinski definition) is 4. The molecule has 20 heavy (non-hydrogen) atoms. The molecule has 0 amide bonds. The molecule has 0 atom stereocenters. The number of ketones is 1. The monoisotopic (exact) mass is 295 g/mol. The summed E-state index contributed by atoms with van der Waals surface area (Å²) in [5.74, 6) is -0.363. The van der Waals surface area contributed by atoms with Crippen LogP contribution in [0.1, 0.15) is 28.8 Å². The highest BCUT2D eigenvalue weighted by Gasteiger charge is 2.24. The van der Waals surface area contributed by atoms with E-state index in [1.807, 2.05) is 19.1 Å². The van der Waals surface area contributed by atoms with Gasteiger partial charge in [-0.05, 0) is 38.8 Å². The van der Waals surface area contributed by atoms with Gasteiger partial charge in [0.2, 0.25) is 0 Å². The maximum absolute atomic E-state index is 12.1. The zero-order chi connectivity index (χ0) is 14.6. The molecule has 0 radical (unpaired) electrons. The molecule has 0 saturated carbocycles. The van der Waals surface area contributed by atoms with Gasteiger partial charge in [0, 0.05) is 5.56 Å².